The average molecular weight is 142 g/mol. The normalized spacial score (nSPS) is 6.20. The van der Waals surface area contributed by atoms with Crippen LogP contribution >= 0.6 is 0 Å². The van der Waals surface area contributed by atoms with Crippen molar-refractivity contribution in [3.63, 3.8) is 0 Å². The molecule has 0 rings (SSSR count). The van der Waals surface area contributed by atoms with Crippen molar-refractivity contribution in [1.82, 2.24) is 0 Å². The molecule has 0 aliphatic carbocycles. The van der Waals surface area contributed by atoms with Gasteiger partial charge in [-0.1, -0.05) is 6.92 Å². The van der Waals surface area contributed by atoms with Crippen LogP contribution < -0.4 is 18.9 Å². The molecule has 2 N–H and O–H groups in total. The molecule has 0 radical (unpaired) electrons. The molecule has 0 spiro atoms. The van der Waals surface area contributed by atoms with E-state index in [1.807, 2.05) is 0 Å². The van der Waals surface area contributed by atoms with Crippen LogP contribution in [0.15, 0.2) is 0 Å². The van der Waals surface area contributed by atoms with Crippen molar-refractivity contribution in [2.24, 2.45) is 0 Å². The molecule has 0 aromatic heterocycles. The molecular weight excluding hydrogens is 131 g/mol. The summed E-state index contributed by atoms with van der Waals surface area (Å²) in [5.41, 5.74) is 0. The van der Waals surface area contributed by atoms with Crippen LogP contribution in [-0.4, -0.2) is 22.2 Å². The first-order valence-electron chi connectivity index (χ1n) is 2.42. The quantitative estimate of drug-likeness (QED) is 0.403. The Morgan fingerprint density at radius 2 is 1.50 bits per heavy atom. The molecule has 10 heavy (non-hydrogen) atoms. The first-order chi connectivity index (χ1) is 4.00. The van der Waals surface area contributed by atoms with E-state index in [4.69, 9.17) is 15.0 Å². The number of hydrogen-bond donors (Lipinski definition) is 2. The number of hydrogen-bond acceptors (Lipinski definition) is 2. The van der Waals surface area contributed by atoms with Gasteiger partial charge in [0.25, 0.3) is 5.97 Å². The molecule has 0 aromatic carbocycles. The molecule has 0 aliphatic rings. The van der Waals surface area contributed by atoms with Gasteiger partial charge in [0, 0.05) is 13.3 Å². The molecule has 0 saturated carbocycles. The number of carbonyl (C=O) groups is 2. The van der Waals surface area contributed by atoms with E-state index in [1.54, 1.807) is 6.92 Å². The van der Waals surface area contributed by atoms with Crippen molar-refractivity contribution in [3.8, 4) is 0 Å². The molecule has 0 bridgehead atoms. The molecule has 0 fully saturated rings. The van der Waals surface area contributed by atoms with Gasteiger partial charge in [-0.05, 0) is 0 Å². The van der Waals surface area contributed by atoms with Gasteiger partial charge in [0.15, 0.2) is 0 Å². The Hall–Kier alpha value is -0.463. The van der Waals surface area contributed by atoms with Crippen molar-refractivity contribution in [1.29, 1.82) is 0 Å². The molecule has 0 saturated heterocycles. The summed E-state index contributed by atoms with van der Waals surface area (Å²) in [5, 5.41) is 15.1. The maximum absolute atomic E-state index is 9.37. The zero-order valence-corrected chi connectivity index (χ0v) is 6.42. The second kappa shape index (κ2) is 11.3. The van der Waals surface area contributed by atoms with E-state index < -0.39 is 11.9 Å². The van der Waals surface area contributed by atoms with Crippen LogP contribution in [-0.2, 0) is 9.59 Å². The van der Waals surface area contributed by atoms with Crippen LogP contribution in [0.2, 0.25) is 0 Å². The number of carboxylic acids is 2. The van der Waals surface area contributed by atoms with E-state index in [-0.39, 0.29) is 26.7 Å². The minimum atomic E-state index is -0.833. The summed E-state index contributed by atoms with van der Waals surface area (Å²) >= 11 is 0. The van der Waals surface area contributed by atoms with E-state index in [0.29, 0.717) is 0 Å². The molecule has 0 unspecified atom stereocenters. The Bertz CT molecular complexity index is 103. The van der Waals surface area contributed by atoms with E-state index in [2.05, 4.69) is 0 Å². The molecule has 0 atom stereocenters. The molecule has 0 aliphatic heterocycles. The molecule has 4 nitrogen and oxygen atoms in total. The van der Waals surface area contributed by atoms with Crippen molar-refractivity contribution in [3.05, 3.63) is 0 Å². The second-order valence-corrected chi connectivity index (χ2v) is 1.27. The zero-order chi connectivity index (χ0) is 7.86. The van der Waals surface area contributed by atoms with Gasteiger partial charge >= 0.3 is 24.8 Å². The second-order valence-electron chi connectivity index (χ2n) is 1.27. The Kier molecular flexibility index (Phi) is 18.5. The third-order valence-electron chi connectivity index (χ3n) is 0.302. The Morgan fingerprint density at radius 3 is 1.50 bits per heavy atom. The summed E-state index contributed by atoms with van der Waals surface area (Å²) in [6.45, 7) is 2.68. The summed E-state index contributed by atoms with van der Waals surface area (Å²) in [6, 6.07) is 0. The summed E-state index contributed by atoms with van der Waals surface area (Å²) in [5.74, 6) is -1.58. The third-order valence-corrected chi connectivity index (χ3v) is 0.302. The minimum Gasteiger partial charge on any atom is -1.00 e. The van der Waals surface area contributed by atoms with E-state index in [1.165, 1.54) is 0 Å². The van der Waals surface area contributed by atoms with Gasteiger partial charge in [-0.15, -0.1) is 0 Å². The molecular formula is C5H11LiO4. The van der Waals surface area contributed by atoms with Crippen LogP contribution in [0.1, 0.15) is 21.7 Å². The van der Waals surface area contributed by atoms with Gasteiger partial charge in [0.1, 0.15) is 0 Å². The van der Waals surface area contributed by atoms with Crippen LogP contribution in [0, 0.1) is 0 Å². The Labute approximate surface area is 72.9 Å². The zero-order valence-electron chi connectivity index (χ0n) is 7.42. The number of rotatable bonds is 1. The number of carboxylic acid groups (broad SMARTS) is 2. The van der Waals surface area contributed by atoms with Crippen molar-refractivity contribution >= 4 is 11.9 Å². The molecule has 0 heterocycles. The van der Waals surface area contributed by atoms with Gasteiger partial charge in [0.2, 0.25) is 0 Å². The van der Waals surface area contributed by atoms with E-state index >= 15 is 0 Å². The van der Waals surface area contributed by atoms with Crippen molar-refractivity contribution in [2.45, 2.75) is 20.3 Å². The monoisotopic (exact) mass is 142 g/mol. The Balaban J connectivity index is -0.0000000383. The average Bonchev–Trinajstić information content (AvgIpc) is 1.65. The minimum absolute atomic E-state index is 0. The first kappa shape index (κ1) is 16.3. The SMILES string of the molecule is CC(=O)O.CCC(=O)O.[H-].[Li+]. The predicted molar refractivity (Wildman–Crippen MR) is 32.3 cm³/mol. The van der Waals surface area contributed by atoms with Crippen LogP contribution in [0.25, 0.3) is 0 Å². The van der Waals surface area contributed by atoms with Crippen LogP contribution in [0.3, 0.4) is 0 Å². The molecule has 5 heteroatoms. The fourth-order valence-corrected chi connectivity index (χ4v) is 0. The van der Waals surface area contributed by atoms with Gasteiger partial charge in [-0.25, -0.2) is 0 Å². The fourth-order valence-electron chi connectivity index (χ4n) is 0. The van der Waals surface area contributed by atoms with Gasteiger partial charge in [-0.3, -0.25) is 9.59 Å². The van der Waals surface area contributed by atoms with Gasteiger partial charge in [0.05, 0.1) is 0 Å². The van der Waals surface area contributed by atoms with Crippen molar-refractivity contribution < 1.29 is 40.1 Å². The molecule has 0 amide bonds. The van der Waals surface area contributed by atoms with E-state index in [9.17, 15) is 4.79 Å². The standard InChI is InChI=1S/C3H6O2.C2H4O2.Li.H/c1-2-3(4)5;1-2(3)4;;/h2H2,1H3,(H,4,5);1H3,(H,3,4);;/q;;+1;-1. The summed E-state index contributed by atoms with van der Waals surface area (Å²) in [6.07, 6.45) is 0.222. The van der Waals surface area contributed by atoms with Gasteiger partial charge in [-0.2, -0.15) is 0 Å². The fraction of sp³-hybridized carbons (Fsp3) is 0.600. The van der Waals surface area contributed by atoms with Crippen LogP contribution in [0.5, 0.6) is 0 Å². The summed E-state index contributed by atoms with van der Waals surface area (Å²) in [7, 11) is 0. The summed E-state index contributed by atoms with van der Waals surface area (Å²) < 4.78 is 0. The summed E-state index contributed by atoms with van der Waals surface area (Å²) in [4.78, 5) is 18.4. The van der Waals surface area contributed by atoms with Crippen LogP contribution in [0.4, 0.5) is 0 Å². The predicted octanol–water partition coefficient (Wildman–Crippen LogP) is -2.31. The Morgan fingerprint density at radius 1 is 1.40 bits per heavy atom. The van der Waals surface area contributed by atoms with E-state index in [0.717, 1.165) is 6.92 Å². The molecule has 0 aromatic rings. The molecule has 56 valence electrons. The topological polar surface area (TPSA) is 74.6 Å². The maximum Gasteiger partial charge on any atom is 1.00 e. The first-order valence-corrected chi connectivity index (χ1v) is 2.42. The largest absolute Gasteiger partial charge is 1.00 e. The van der Waals surface area contributed by atoms with Gasteiger partial charge < -0.3 is 11.6 Å². The third kappa shape index (κ3) is 136. The van der Waals surface area contributed by atoms with Crippen molar-refractivity contribution in [2.75, 3.05) is 0 Å². The number of aliphatic carboxylic acids is 2. The smallest absolute Gasteiger partial charge is 1.00 e. The maximum atomic E-state index is 9.37.